The maximum absolute atomic E-state index is 12.8. The molecule has 0 bridgehead atoms. The molecule has 1 aromatic heterocycles. The molecular formula is C23H32N2O3. The van der Waals surface area contributed by atoms with Crippen LogP contribution in [0.2, 0.25) is 0 Å². The normalized spacial score (nSPS) is 13.9. The summed E-state index contributed by atoms with van der Waals surface area (Å²) in [6.07, 6.45) is 0.608. The van der Waals surface area contributed by atoms with E-state index in [1.54, 1.807) is 27.7 Å². The van der Waals surface area contributed by atoms with Crippen LogP contribution >= 0.6 is 0 Å². The lowest BCUT2D eigenvalue weighted by atomic mass is 9.82. The second-order valence-electron chi connectivity index (χ2n) is 8.81. The summed E-state index contributed by atoms with van der Waals surface area (Å²) in [5, 5.41) is 14.4. The molecule has 0 aliphatic heterocycles. The van der Waals surface area contributed by atoms with E-state index in [1.807, 2.05) is 45.9 Å². The molecule has 152 valence electrons. The molecule has 0 aliphatic carbocycles. The third kappa shape index (κ3) is 4.20. The van der Waals surface area contributed by atoms with E-state index in [-0.39, 0.29) is 11.6 Å². The van der Waals surface area contributed by atoms with Crippen LogP contribution in [0.5, 0.6) is 0 Å². The molecule has 0 aliphatic rings. The van der Waals surface area contributed by atoms with Crippen LogP contribution in [0.1, 0.15) is 68.1 Å². The first-order valence-electron chi connectivity index (χ1n) is 9.67. The predicted octanol–water partition coefficient (Wildman–Crippen LogP) is 4.10. The Balaban J connectivity index is 2.83. The summed E-state index contributed by atoms with van der Waals surface area (Å²) in [7, 11) is 0. The van der Waals surface area contributed by atoms with E-state index in [9.17, 15) is 14.7 Å². The van der Waals surface area contributed by atoms with E-state index in [1.165, 1.54) is 0 Å². The van der Waals surface area contributed by atoms with Crippen LogP contribution in [-0.2, 0) is 16.8 Å². The van der Waals surface area contributed by atoms with Crippen molar-refractivity contribution in [3.05, 3.63) is 62.1 Å². The molecule has 5 nitrogen and oxygen atoms in total. The molecule has 1 unspecified atom stereocenters. The minimum Gasteiger partial charge on any atom is -0.381 e. The molecule has 0 spiro atoms. The number of benzene rings is 1. The van der Waals surface area contributed by atoms with E-state index in [0.717, 1.165) is 16.7 Å². The van der Waals surface area contributed by atoms with E-state index in [4.69, 9.17) is 0 Å². The van der Waals surface area contributed by atoms with Crippen molar-refractivity contribution in [2.75, 3.05) is 5.32 Å². The molecule has 1 heterocycles. The molecule has 0 radical (unpaired) electrons. The molecular weight excluding hydrogens is 352 g/mol. The van der Waals surface area contributed by atoms with E-state index < -0.39 is 16.6 Å². The van der Waals surface area contributed by atoms with Crippen LogP contribution in [0, 0.1) is 26.2 Å². The highest BCUT2D eigenvalue weighted by Gasteiger charge is 2.35. The lowest BCUT2D eigenvalue weighted by Crippen LogP contribution is -2.36. The molecule has 1 amide bonds. The zero-order valence-corrected chi connectivity index (χ0v) is 18.2. The highest BCUT2D eigenvalue weighted by molar-refractivity contribution is 5.95. The highest BCUT2D eigenvalue weighted by Crippen LogP contribution is 2.37. The summed E-state index contributed by atoms with van der Waals surface area (Å²) in [6, 6.07) is 5.86. The van der Waals surface area contributed by atoms with E-state index in [0.29, 0.717) is 23.2 Å². The van der Waals surface area contributed by atoms with Gasteiger partial charge in [-0.2, -0.15) is 0 Å². The Bertz CT molecular complexity index is 943. The van der Waals surface area contributed by atoms with Crippen molar-refractivity contribution in [3.8, 4) is 0 Å². The van der Waals surface area contributed by atoms with Crippen molar-refractivity contribution in [1.82, 2.24) is 4.98 Å². The first-order chi connectivity index (χ1) is 12.8. The van der Waals surface area contributed by atoms with Crippen molar-refractivity contribution in [1.29, 1.82) is 0 Å². The number of aryl methyl sites for hydroxylation is 3. The van der Waals surface area contributed by atoms with Gasteiger partial charge in [0.1, 0.15) is 11.3 Å². The number of carbonyl (C=O) groups is 1. The van der Waals surface area contributed by atoms with Crippen molar-refractivity contribution in [2.45, 2.75) is 67.4 Å². The zero-order chi connectivity index (χ0) is 21.4. The molecule has 1 aromatic carbocycles. The lowest BCUT2D eigenvalue weighted by Gasteiger charge is -2.31. The Morgan fingerprint density at radius 1 is 1.07 bits per heavy atom. The van der Waals surface area contributed by atoms with Gasteiger partial charge in [-0.15, -0.1) is 0 Å². The van der Waals surface area contributed by atoms with Gasteiger partial charge in [0.15, 0.2) is 0 Å². The van der Waals surface area contributed by atoms with Gasteiger partial charge < -0.3 is 15.4 Å². The molecule has 28 heavy (non-hydrogen) atoms. The number of aromatic amines is 1. The maximum Gasteiger partial charge on any atom is 0.272 e. The minimum atomic E-state index is -1.44. The Morgan fingerprint density at radius 3 is 2.07 bits per heavy atom. The van der Waals surface area contributed by atoms with Gasteiger partial charge in [-0.3, -0.25) is 9.59 Å². The Hall–Kier alpha value is -2.40. The number of nitrogens with one attached hydrogen (secondary N) is 2. The van der Waals surface area contributed by atoms with Crippen molar-refractivity contribution >= 4 is 11.6 Å². The Kier molecular flexibility index (Phi) is 5.90. The van der Waals surface area contributed by atoms with Crippen LogP contribution in [0.25, 0.3) is 0 Å². The lowest BCUT2D eigenvalue weighted by molar-refractivity contribution is -0.123. The van der Waals surface area contributed by atoms with Crippen molar-refractivity contribution in [3.63, 3.8) is 0 Å². The fourth-order valence-electron chi connectivity index (χ4n) is 3.56. The summed E-state index contributed by atoms with van der Waals surface area (Å²) < 4.78 is 0. The summed E-state index contributed by atoms with van der Waals surface area (Å²) >= 11 is 0. The first kappa shape index (κ1) is 21.9. The fourth-order valence-corrected chi connectivity index (χ4v) is 3.56. The molecule has 0 saturated heterocycles. The second kappa shape index (κ2) is 7.55. The second-order valence-corrected chi connectivity index (χ2v) is 8.81. The minimum absolute atomic E-state index is 0.117. The number of anilines is 1. The average molecular weight is 385 g/mol. The summed E-state index contributed by atoms with van der Waals surface area (Å²) in [6.45, 7) is 14.8. The van der Waals surface area contributed by atoms with Crippen LogP contribution < -0.4 is 10.9 Å². The molecule has 0 saturated carbocycles. The number of H-pyrrole nitrogens is 1. The van der Waals surface area contributed by atoms with E-state index >= 15 is 0 Å². The average Bonchev–Trinajstić information content (AvgIpc) is 2.54. The number of amides is 1. The first-order valence-corrected chi connectivity index (χ1v) is 9.67. The number of hydrogen-bond donors (Lipinski definition) is 3. The van der Waals surface area contributed by atoms with Crippen molar-refractivity contribution < 1.29 is 9.90 Å². The number of pyridine rings is 1. The van der Waals surface area contributed by atoms with Gasteiger partial charge in [0.2, 0.25) is 5.91 Å². The van der Waals surface area contributed by atoms with Gasteiger partial charge in [-0.25, -0.2) is 0 Å². The number of hydrogen-bond acceptors (Lipinski definition) is 3. The monoisotopic (exact) mass is 384 g/mol. The van der Waals surface area contributed by atoms with Gasteiger partial charge >= 0.3 is 0 Å². The number of aromatic nitrogens is 1. The largest absolute Gasteiger partial charge is 0.381 e. The zero-order valence-electron chi connectivity index (χ0n) is 18.2. The van der Waals surface area contributed by atoms with Crippen LogP contribution in [0.15, 0.2) is 23.0 Å². The van der Waals surface area contributed by atoms with Crippen LogP contribution in [0.4, 0.5) is 5.69 Å². The summed E-state index contributed by atoms with van der Waals surface area (Å²) in [5.74, 6) is -0.277. The number of rotatable bonds is 4. The quantitative estimate of drug-likeness (QED) is 0.742. The van der Waals surface area contributed by atoms with Gasteiger partial charge in [0.25, 0.3) is 5.56 Å². The predicted molar refractivity (Wildman–Crippen MR) is 114 cm³/mol. The topological polar surface area (TPSA) is 82.2 Å². The van der Waals surface area contributed by atoms with Gasteiger partial charge in [-0.05, 0) is 45.2 Å². The summed E-state index contributed by atoms with van der Waals surface area (Å²) in [4.78, 5) is 28.3. The standard InChI is InChI=1S/C23H32N2O3/c1-9-17-15(4)24-20(26)19(25-21(27)22(5,6)7)18(17)23(8,28)16-11-13(2)10-14(3)12-16/h10-12,28H,9H2,1-8H3,(H,24,26)(H,25,27). The molecule has 5 heteroatoms. The smallest absolute Gasteiger partial charge is 0.272 e. The Labute approximate surface area is 167 Å². The number of aliphatic hydroxyl groups is 1. The third-order valence-corrected chi connectivity index (χ3v) is 5.08. The molecule has 2 rings (SSSR count). The third-order valence-electron chi connectivity index (χ3n) is 5.08. The van der Waals surface area contributed by atoms with Crippen LogP contribution in [-0.4, -0.2) is 16.0 Å². The SMILES string of the molecule is CCc1c(C)[nH]c(=O)c(NC(=O)C(C)(C)C)c1C(C)(O)c1cc(C)cc(C)c1. The van der Waals surface area contributed by atoms with Gasteiger partial charge in [0.05, 0.1) is 0 Å². The molecule has 3 N–H and O–H groups in total. The molecule has 0 fully saturated rings. The maximum atomic E-state index is 12.8. The Morgan fingerprint density at radius 2 is 1.61 bits per heavy atom. The summed E-state index contributed by atoms with van der Waals surface area (Å²) in [5.41, 5.74) is 2.31. The fraction of sp³-hybridized carbons (Fsp3) is 0.478. The highest BCUT2D eigenvalue weighted by atomic mass is 16.3. The van der Waals surface area contributed by atoms with Crippen molar-refractivity contribution in [2.24, 2.45) is 5.41 Å². The molecule has 2 aromatic rings. The van der Waals surface area contributed by atoms with Gasteiger partial charge in [0, 0.05) is 16.7 Å². The molecule has 1 atom stereocenters. The number of carbonyl (C=O) groups excluding carboxylic acids is 1. The van der Waals surface area contributed by atoms with Crippen LogP contribution in [0.3, 0.4) is 0 Å². The van der Waals surface area contributed by atoms with Gasteiger partial charge in [-0.1, -0.05) is 57.0 Å². The van der Waals surface area contributed by atoms with E-state index in [2.05, 4.69) is 10.3 Å².